The number of aliphatic carboxylic acids is 1. The van der Waals surface area contributed by atoms with Crippen LogP contribution in [0.3, 0.4) is 0 Å². The number of carboxylic acid groups (broad SMARTS) is 1. The lowest BCUT2D eigenvalue weighted by Crippen LogP contribution is -2.30. The normalized spacial score (nSPS) is 13.8. The molecule has 2 unspecified atom stereocenters. The summed E-state index contributed by atoms with van der Waals surface area (Å²) in [5.74, 6) is -0.761. The molecule has 0 aromatic rings. The highest BCUT2D eigenvalue weighted by atomic mass is 32.3. The minimum Gasteiger partial charge on any atom is -0.481 e. The Morgan fingerprint density at radius 2 is 1.38 bits per heavy atom. The van der Waals surface area contributed by atoms with Gasteiger partial charge in [0.15, 0.2) is 0 Å². The van der Waals surface area contributed by atoms with Crippen molar-refractivity contribution in [2.45, 2.75) is 109 Å². The standard InChI is InChI=1S/C22H44O9S/c1-2-3-4-5-7-10-13-20(23)21(14-11-8-6-9-12-15-22(24)25)30-18-16-29-17-19-31-32(26,27)28/h20-21,23H,2-19H2,1H3,(H,24,25)(H,26,27,28). The van der Waals surface area contributed by atoms with Gasteiger partial charge < -0.3 is 19.7 Å². The van der Waals surface area contributed by atoms with Gasteiger partial charge in [0, 0.05) is 6.42 Å². The Labute approximate surface area is 193 Å². The fourth-order valence-corrected chi connectivity index (χ4v) is 3.70. The van der Waals surface area contributed by atoms with E-state index in [2.05, 4.69) is 11.1 Å². The molecule has 0 aromatic heterocycles. The number of unbranched alkanes of at least 4 members (excludes halogenated alkanes) is 9. The lowest BCUT2D eigenvalue weighted by molar-refractivity contribution is -0.137. The second-order valence-electron chi connectivity index (χ2n) is 8.10. The first-order valence-corrected chi connectivity index (χ1v) is 13.3. The maximum Gasteiger partial charge on any atom is 0.397 e. The van der Waals surface area contributed by atoms with Crippen LogP contribution in [0.2, 0.25) is 0 Å². The summed E-state index contributed by atoms with van der Waals surface area (Å²) < 4.78 is 44.6. The van der Waals surface area contributed by atoms with Gasteiger partial charge in [0.05, 0.1) is 38.6 Å². The third-order valence-electron chi connectivity index (χ3n) is 5.18. The molecule has 0 aliphatic carbocycles. The molecule has 0 saturated heterocycles. The Bertz CT molecular complexity index is 540. The van der Waals surface area contributed by atoms with Gasteiger partial charge in [-0.25, -0.2) is 4.18 Å². The van der Waals surface area contributed by atoms with Crippen molar-refractivity contribution in [2.24, 2.45) is 0 Å². The highest BCUT2D eigenvalue weighted by molar-refractivity contribution is 7.80. The molecule has 3 N–H and O–H groups in total. The summed E-state index contributed by atoms with van der Waals surface area (Å²) in [6.07, 6.45) is 12.1. The van der Waals surface area contributed by atoms with Crippen LogP contribution >= 0.6 is 0 Å². The molecule has 0 aliphatic rings. The Kier molecular flexibility index (Phi) is 20.3. The Morgan fingerprint density at radius 3 is 2.00 bits per heavy atom. The van der Waals surface area contributed by atoms with E-state index >= 15 is 0 Å². The molecule has 9 nitrogen and oxygen atoms in total. The van der Waals surface area contributed by atoms with Gasteiger partial charge in [-0.05, 0) is 19.3 Å². The number of ether oxygens (including phenoxy) is 2. The van der Waals surface area contributed by atoms with E-state index < -0.39 is 22.5 Å². The minimum absolute atomic E-state index is 0.00444. The number of carboxylic acids is 1. The smallest absolute Gasteiger partial charge is 0.397 e. The zero-order chi connectivity index (χ0) is 24.1. The third kappa shape index (κ3) is 22.4. The summed E-state index contributed by atoms with van der Waals surface area (Å²) in [5, 5.41) is 19.3. The molecule has 2 atom stereocenters. The molecule has 0 aliphatic heterocycles. The molecule has 0 saturated carbocycles. The van der Waals surface area contributed by atoms with Gasteiger partial charge in [-0.3, -0.25) is 9.35 Å². The van der Waals surface area contributed by atoms with E-state index in [9.17, 15) is 18.3 Å². The number of hydrogen-bond donors (Lipinski definition) is 3. The van der Waals surface area contributed by atoms with Crippen molar-refractivity contribution in [3.63, 3.8) is 0 Å². The van der Waals surface area contributed by atoms with Crippen LogP contribution in [0.5, 0.6) is 0 Å². The Morgan fingerprint density at radius 1 is 0.812 bits per heavy atom. The molecule has 32 heavy (non-hydrogen) atoms. The summed E-state index contributed by atoms with van der Waals surface area (Å²) in [7, 11) is -4.45. The number of hydrogen-bond acceptors (Lipinski definition) is 7. The number of rotatable bonds is 24. The van der Waals surface area contributed by atoms with E-state index in [1.165, 1.54) is 25.7 Å². The lowest BCUT2D eigenvalue weighted by Gasteiger charge is -2.23. The first-order valence-electron chi connectivity index (χ1n) is 12.0. The monoisotopic (exact) mass is 484 g/mol. The van der Waals surface area contributed by atoms with E-state index in [0.717, 1.165) is 44.9 Å². The Hall–Kier alpha value is -0.780. The molecule has 0 fully saturated rings. The Balaban J connectivity index is 4.15. The van der Waals surface area contributed by atoms with Crippen molar-refractivity contribution in [1.82, 2.24) is 0 Å². The molecule has 0 rings (SSSR count). The first-order chi connectivity index (χ1) is 15.3. The highest BCUT2D eigenvalue weighted by Crippen LogP contribution is 2.17. The van der Waals surface area contributed by atoms with E-state index in [-0.39, 0.29) is 39.0 Å². The van der Waals surface area contributed by atoms with Gasteiger partial charge in [-0.1, -0.05) is 71.1 Å². The largest absolute Gasteiger partial charge is 0.481 e. The van der Waals surface area contributed by atoms with Crippen molar-refractivity contribution >= 4 is 16.4 Å². The topological polar surface area (TPSA) is 140 Å². The van der Waals surface area contributed by atoms with E-state index in [0.29, 0.717) is 12.8 Å². The molecule has 10 heteroatoms. The maximum absolute atomic E-state index is 10.6. The zero-order valence-corrected chi connectivity index (χ0v) is 20.4. The molecule has 0 amide bonds. The predicted octanol–water partition coefficient (Wildman–Crippen LogP) is 4.13. The van der Waals surface area contributed by atoms with Crippen LogP contribution in [-0.4, -0.2) is 67.8 Å². The van der Waals surface area contributed by atoms with Crippen LogP contribution in [0.4, 0.5) is 0 Å². The fraction of sp³-hybridized carbons (Fsp3) is 0.955. The summed E-state index contributed by atoms with van der Waals surface area (Å²) in [6.45, 7) is 2.41. The molecular weight excluding hydrogens is 440 g/mol. The minimum atomic E-state index is -4.45. The van der Waals surface area contributed by atoms with E-state index in [1.54, 1.807) is 0 Å². The van der Waals surface area contributed by atoms with Gasteiger partial charge in [0.2, 0.25) is 0 Å². The second kappa shape index (κ2) is 20.8. The fourth-order valence-electron chi connectivity index (χ4n) is 3.42. The summed E-state index contributed by atoms with van der Waals surface area (Å²) >= 11 is 0. The van der Waals surface area contributed by atoms with Crippen molar-refractivity contribution < 1.29 is 41.6 Å². The van der Waals surface area contributed by atoms with Crippen molar-refractivity contribution in [1.29, 1.82) is 0 Å². The van der Waals surface area contributed by atoms with Gasteiger partial charge >= 0.3 is 16.4 Å². The SMILES string of the molecule is CCCCCCCCC(O)C(CCCCCCCC(=O)O)OCCOCCOS(=O)(=O)O. The summed E-state index contributed by atoms with van der Waals surface area (Å²) in [5.41, 5.74) is 0. The molecule has 0 radical (unpaired) electrons. The molecule has 0 heterocycles. The predicted molar refractivity (Wildman–Crippen MR) is 122 cm³/mol. The average molecular weight is 485 g/mol. The number of aliphatic hydroxyl groups excluding tert-OH is 1. The van der Waals surface area contributed by atoms with Crippen LogP contribution < -0.4 is 0 Å². The highest BCUT2D eigenvalue weighted by Gasteiger charge is 2.19. The third-order valence-corrected chi connectivity index (χ3v) is 5.65. The molecule has 0 bridgehead atoms. The maximum atomic E-state index is 10.6. The van der Waals surface area contributed by atoms with Gasteiger partial charge in [-0.15, -0.1) is 0 Å². The number of carbonyl (C=O) groups is 1. The van der Waals surface area contributed by atoms with Crippen molar-refractivity contribution in [3.8, 4) is 0 Å². The van der Waals surface area contributed by atoms with Gasteiger partial charge in [0.25, 0.3) is 0 Å². The second-order valence-corrected chi connectivity index (χ2v) is 9.19. The van der Waals surface area contributed by atoms with Crippen LogP contribution in [0.15, 0.2) is 0 Å². The average Bonchev–Trinajstić information content (AvgIpc) is 2.72. The zero-order valence-electron chi connectivity index (χ0n) is 19.6. The van der Waals surface area contributed by atoms with Crippen LogP contribution in [0, 0.1) is 0 Å². The lowest BCUT2D eigenvalue weighted by atomic mass is 9.99. The van der Waals surface area contributed by atoms with Crippen molar-refractivity contribution in [3.05, 3.63) is 0 Å². The molecule has 192 valence electrons. The van der Waals surface area contributed by atoms with Crippen molar-refractivity contribution in [2.75, 3.05) is 26.4 Å². The molecule has 0 aromatic carbocycles. The van der Waals surface area contributed by atoms with Gasteiger partial charge in [0.1, 0.15) is 0 Å². The first kappa shape index (κ1) is 31.2. The number of aliphatic hydroxyl groups is 1. The summed E-state index contributed by atoms with van der Waals surface area (Å²) in [6, 6.07) is 0. The quantitative estimate of drug-likeness (QED) is 0.136. The van der Waals surface area contributed by atoms with E-state index in [1.807, 2.05) is 0 Å². The molecule has 0 spiro atoms. The summed E-state index contributed by atoms with van der Waals surface area (Å²) in [4.78, 5) is 10.5. The van der Waals surface area contributed by atoms with E-state index in [4.69, 9.17) is 19.1 Å². The molecular formula is C22H44O9S. The van der Waals surface area contributed by atoms with Gasteiger partial charge in [-0.2, -0.15) is 8.42 Å². The van der Waals surface area contributed by atoms with Crippen LogP contribution in [0.1, 0.15) is 96.8 Å². The van der Waals surface area contributed by atoms with Crippen LogP contribution in [-0.2, 0) is 28.9 Å². The van der Waals surface area contributed by atoms with Crippen LogP contribution in [0.25, 0.3) is 0 Å².